The first-order valence-corrected chi connectivity index (χ1v) is 8.42. The quantitative estimate of drug-likeness (QED) is 0.673. The SMILES string of the molecule is NC(=O)c1ccc(NC(=O)C2NCC2c2ccccc2)c2cccnc12. The van der Waals surface area contributed by atoms with E-state index in [4.69, 9.17) is 5.73 Å². The summed E-state index contributed by atoms with van der Waals surface area (Å²) in [5, 5.41) is 6.84. The van der Waals surface area contributed by atoms with Crippen LogP contribution in [0.3, 0.4) is 0 Å². The molecule has 4 rings (SSSR count). The van der Waals surface area contributed by atoms with Gasteiger partial charge in [0.25, 0.3) is 5.91 Å². The first-order chi connectivity index (χ1) is 12.6. The molecule has 0 aliphatic carbocycles. The molecule has 1 aliphatic heterocycles. The van der Waals surface area contributed by atoms with Crippen molar-refractivity contribution in [1.29, 1.82) is 0 Å². The highest BCUT2D eigenvalue weighted by molar-refractivity contribution is 6.10. The summed E-state index contributed by atoms with van der Waals surface area (Å²) in [7, 11) is 0. The van der Waals surface area contributed by atoms with Gasteiger partial charge in [-0.1, -0.05) is 30.3 Å². The van der Waals surface area contributed by atoms with E-state index in [0.29, 0.717) is 22.2 Å². The number of anilines is 1. The lowest BCUT2D eigenvalue weighted by atomic mass is 9.84. The van der Waals surface area contributed by atoms with E-state index < -0.39 is 5.91 Å². The van der Waals surface area contributed by atoms with E-state index >= 15 is 0 Å². The number of rotatable bonds is 4. The molecular formula is C20H18N4O2. The number of carbonyl (C=O) groups is 2. The summed E-state index contributed by atoms with van der Waals surface area (Å²) in [5.74, 6) is -0.510. The average Bonchev–Trinajstić information content (AvgIpc) is 2.61. The predicted octanol–water partition coefficient (Wildman–Crippen LogP) is 2.03. The molecule has 26 heavy (non-hydrogen) atoms. The Morgan fingerprint density at radius 1 is 1.08 bits per heavy atom. The summed E-state index contributed by atoms with van der Waals surface area (Å²) in [5.41, 5.74) is 7.99. The lowest BCUT2D eigenvalue weighted by molar-refractivity contribution is -0.120. The van der Waals surface area contributed by atoms with Gasteiger partial charge in [-0.25, -0.2) is 0 Å². The summed E-state index contributed by atoms with van der Waals surface area (Å²) in [6.07, 6.45) is 1.60. The zero-order valence-electron chi connectivity index (χ0n) is 14.0. The molecule has 2 unspecified atom stereocenters. The number of aromatic nitrogens is 1. The highest BCUT2D eigenvalue weighted by Gasteiger charge is 2.37. The zero-order valence-corrected chi connectivity index (χ0v) is 14.0. The second kappa shape index (κ2) is 6.57. The first kappa shape index (κ1) is 16.2. The lowest BCUT2D eigenvalue weighted by Crippen LogP contribution is -2.57. The normalized spacial score (nSPS) is 18.9. The van der Waals surface area contributed by atoms with Crippen molar-refractivity contribution in [1.82, 2.24) is 10.3 Å². The number of nitrogens with zero attached hydrogens (tertiary/aromatic N) is 1. The number of benzene rings is 2. The van der Waals surface area contributed by atoms with Gasteiger partial charge in [0.15, 0.2) is 0 Å². The van der Waals surface area contributed by atoms with Crippen LogP contribution in [0.4, 0.5) is 5.69 Å². The average molecular weight is 346 g/mol. The van der Waals surface area contributed by atoms with Crippen molar-refractivity contribution in [3.63, 3.8) is 0 Å². The number of pyridine rings is 1. The van der Waals surface area contributed by atoms with Crippen molar-refractivity contribution in [2.24, 2.45) is 5.73 Å². The van der Waals surface area contributed by atoms with E-state index in [1.54, 1.807) is 24.4 Å². The second-order valence-electron chi connectivity index (χ2n) is 6.32. The van der Waals surface area contributed by atoms with Gasteiger partial charge in [0, 0.05) is 24.0 Å². The van der Waals surface area contributed by atoms with Crippen molar-refractivity contribution in [3.05, 3.63) is 71.9 Å². The molecule has 1 saturated heterocycles. The fourth-order valence-electron chi connectivity index (χ4n) is 3.33. The summed E-state index contributed by atoms with van der Waals surface area (Å²) in [6, 6.07) is 16.6. The van der Waals surface area contributed by atoms with E-state index in [2.05, 4.69) is 15.6 Å². The van der Waals surface area contributed by atoms with Crippen LogP contribution >= 0.6 is 0 Å². The molecule has 1 fully saturated rings. The third kappa shape index (κ3) is 2.80. The van der Waals surface area contributed by atoms with Gasteiger partial charge < -0.3 is 16.4 Å². The molecule has 1 aromatic heterocycles. The molecule has 0 radical (unpaired) electrons. The maximum Gasteiger partial charge on any atom is 0.250 e. The highest BCUT2D eigenvalue weighted by atomic mass is 16.2. The third-order valence-corrected chi connectivity index (χ3v) is 4.76. The maximum absolute atomic E-state index is 12.8. The monoisotopic (exact) mass is 346 g/mol. The van der Waals surface area contributed by atoms with E-state index in [-0.39, 0.29) is 17.9 Å². The number of nitrogens with one attached hydrogen (secondary N) is 2. The van der Waals surface area contributed by atoms with Crippen LogP contribution in [0.2, 0.25) is 0 Å². The number of amides is 2. The molecule has 2 amide bonds. The molecule has 6 nitrogen and oxygen atoms in total. The molecule has 130 valence electrons. The minimum absolute atomic E-state index is 0.109. The van der Waals surface area contributed by atoms with E-state index in [0.717, 1.165) is 12.1 Å². The lowest BCUT2D eigenvalue weighted by Gasteiger charge is -2.37. The molecule has 2 atom stereocenters. The van der Waals surface area contributed by atoms with E-state index in [1.807, 2.05) is 36.4 Å². The van der Waals surface area contributed by atoms with Crippen LogP contribution in [-0.2, 0) is 4.79 Å². The Bertz CT molecular complexity index is 988. The Morgan fingerprint density at radius 2 is 1.88 bits per heavy atom. The molecule has 0 saturated carbocycles. The molecule has 3 aromatic rings. The van der Waals surface area contributed by atoms with E-state index in [1.165, 1.54) is 0 Å². The van der Waals surface area contributed by atoms with Gasteiger partial charge >= 0.3 is 0 Å². The highest BCUT2D eigenvalue weighted by Crippen LogP contribution is 2.29. The molecule has 2 heterocycles. The Balaban J connectivity index is 1.61. The number of primary amides is 1. The fourth-order valence-corrected chi connectivity index (χ4v) is 3.33. The summed E-state index contributed by atoms with van der Waals surface area (Å²) in [6.45, 7) is 0.769. The van der Waals surface area contributed by atoms with Crippen molar-refractivity contribution in [2.45, 2.75) is 12.0 Å². The third-order valence-electron chi connectivity index (χ3n) is 4.76. The van der Waals surface area contributed by atoms with Crippen molar-refractivity contribution in [2.75, 3.05) is 11.9 Å². The fraction of sp³-hybridized carbons (Fsp3) is 0.150. The standard InChI is InChI=1S/C20H18N4O2/c21-19(25)14-8-9-16(13-7-4-10-22-17(13)14)24-20(26)18-15(11-23-18)12-5-2-1-3-6-12/h1-10,15,18,23H,11H2,(H2,21,25)(H,24,26). The van der Waals surface area contributed by atoms with Crippen LogP contribution < -0.4 is 16.4 Å². The van der Waals surface area contributed by atoms with Gasteiger partial charge in [-0.3, -0.25) is 14.6 Å². The van der Waals surface area contributed by atoms with Gasteiger partial charge in [0.05, 0.1) is 22.8 Å². The number of carbonyl (C=O) groups excluding carboxylic acids is 2. The molecule has 2 aromatic carbocycles. The van der Waals surface area contributed by atoms with Crippen molar-refractivity contribution in [3.8, 4) is 0 Å². The number of hydrogen-bond donors (Lipinski definition) is 3. The summed E-state index contributed by atoms with van der Waals surface area (Å²) >= 11 is 0. The van der Waals surface area contributed by atoms with Crippen LogP contribution in [0.1, 0.15) is 21.8 Å². The molecule has 6 heteroatoms. The Kier molecular flexibility index (Phi) is 4.10. The Morgan fingerprint density at radius 3 is 2.58 bits per heavy atom. The smallest absolute Gasteiger partial charge is 0.250 e. The number of hydrogen-bond acceptors (Lipinski definition) is 4. The van der Waals surface area contributed by atoms with Crippen LogP contribution in [0.15, 0.2) is 60.8 Å². The van der Waals surface area contributed by atoms with Crippen LogP contribution in [0, 0.1) is 0 Å². The van der Waals surface area contributed by atoms with Crippen LogP contribution in [0.25, 0.3) is 10.9 Å². The van der Waals surface area contributed by atoms with Gasteiger partial charge in [0.2, 0.25) is 5.91 Å². The summed E-state index contributed by atoms with van der Waals surface area (Å²) < 4.78 is 0. The molecule has 4 N–H and O–H groups in total. The zero-order chi connectivity index (χ0) is 18.1. The van der Waals surface area contributed by atoms with Gasteiger partial charge in [0.1, 0.15) is 0 Å². The van der Waals surface area contributed by atoms with Crippen molar-refractivity contribution < 1.29 is 9.59 Å². The van der Waals surface area contributed by atoms with Crippen molar-refractivity contribution >= 4 is 28.4 Å². The maximum atomic E-state index is 12.8. The number of fused-ring (bicyclic) bond motifs is 1. The Hall–Kier alpha value is -3.25. The second-order valence-corrected chi connectivity index (χ2v) is 6.32. The molecule has 0 bridgehead atoms. The number of nitrogens with two attached hydrogens (primary N) is 1. The van der Waals surface area contributed by atoms with Gasteiger partial charge in [-0.2, -0.15) is 0 Å². The largest absolute Gasteiger partial charge is 0.366 e. The Labute approximate surface area is 150 Å². The molecule has 0 spiro atoms. The minimum atomic E-state index is -0.545. The summed E-state index contributed by atoms with van der Waals surface area (Å²) in [4.78, 5) is 28.6. The predicted molar refractivity (Wildman–Crippen MR) is 99.9 cm³/mol. The minimum Gasteiger partial charge on any atom is -0.366 e. The topological polar surface area (TPSA) is 97.1 Å². The first-order valence-electron chi connectivity index (χ1n) is 8.42. The van der Waals surface area contributed by atoms with Crippen LogP contribution in [0.5, 0.6) is 0 Å². The molecular weight excluding hydrogens is 328 g/mol. The van der Waals surface area contributed by atoms with E-state index in [9.17, 15) is 9.59 Å². The van der Waals surface area contributed by atoms with Gasteiger partial charge in [-0.15, -0.1) is 0 Å². The van der Waals surface area contributed by atoms with Crippen LogP contribution in [-0.4, -0.2) is 29.4 Å². The molecule has 1 aliphatic rings. The van der Waals surface area contributed by atoms with Gasteiger partial charge in [-0.05, 0) is 29.8 Å².